The highest BCUT2D eigenvalue weighted by Gasteiger charge is 2.09. The van der Waals surface area contributed by atoms with Gasteiger partial charge in [0, 0.05) is 21.4 Å². The lowest BCUT2D eigenvalue weighted by Crippen LogP contribution is -2.08. The molecule has 0 saturated heterocycles. The first kappa shape index (κ1) is 16.9. The maximum atomic E-state index is 11.9. The molecule has 6 heteroatoms. The SMILES string of the molecule is O=C(OCCSC(=O)c1ccc(Cl)cc1)c1ccc(Cl)cc1. The molecular weight excluding hydrogens is 343 g/mol. The van der Waals surface area contributed by atoms with Crippen molar-refractivity contribution < 1.29 is 14.3 Å². The third-order valence-corrected chi connectivity index (χ3v) is 4.08. The van der Waals surface area contributed by atoms with Crippen molar-refractivity contribution in [2.24, 2.45) is 0 Å². The molecule has 2 rings (SSSR count). The molecule has 0 N–H and O–H groups in total. The predicted octanol–water partition coefficient (Wildman–Crippen LogP) is 4.72. The van der Waals surface area contributed by atoms with Gasteiger partial charge in [0.25, 0.3) is 0 Å². The monoisotopic (exact) mass is 354 g/mol. The zero-order valence-corrected chi connectivity index (χ0v) is 13.8. The average molecular weight is 355 g/mol. The van der Waals surface area contributed by atoms with E-state index >= 15 is 0 Å². The maximum Gasteiger partial charge on any atom is 0.338 e. The van der Waals surface area contributed by atoms with Crippen LogP contribution < -0.4 is 0 Å². The van der Waals surface area contributed by atoms with Crippen molar-refractivity contribution in [3.8, 4) is 0 Å². The molecule has 0 spiro atoms. The van der Waals surface area contributed by atoms with Gasteiger partial charge in [-0.15, -0.1) is 0 Å². The molecule has 114 valence electrons. The van der Waals surface area contributed by atoms with Crippen molar-refractivity contribution in [1.29, 1.82) is 0 Å². The summed E-state index contributed by atoms with van der Waals surface area (Å²) in [5.74, 6) is -0.0444. The minimum Gasteiger partial charge on any atom is -0.461 e. The summed E-state index contributed by atoms with van der Waals surface area (Å²) in [6.45, 7) is 0.158. The Morgan fingerprint density at radius 1 is 0.864 bits per heavy atom. The van der Waals surface area contributed by atoms with E-state index in [4.69, 9.17) is 27.9 Å². The number of esters is 1. The van der Waals surface area contributed by atoms with E-state index in [1.807, 2.05) is 0 Å². The van der Waals surface area contributed by atoms with Crippen LogP contribution in [0.3, 0.4) is 0 Å². The van der Waals surface area contributed by atoms with Crippen molar-refractivity contribution in [1.82, 2.24) is 0 Å². The van der Waals surface area contributed by atoms with Gasteiger partial charge in [0.2, 0.25) is 5.12 Å². The summed E-state index contributed by atoms with van der Waals surface area (Å²) in [4.78, 5) is 23.6. The van der Waals surface area contributed by atoms with Crippen molar-refractivity contribution >= 4 is 46.0 Å². The molecule has 0 aromatic heterocycles. The average Bonchev–Trinajstić information content (AvgIpc) is 2.52. The quantitative estimate of drug-likeness (QED) is 0.575. The van der Waals surface area contributed by atoms with E-state index in [-0.39, 0.29) is 11.7 Å². The summed E-state index contributed by atoms with van der Waals surface area (Å²) in [6.07, 6.45) is 0. The van der Waals surface area contributed by atoms with E-state index < -0.39 is 5.97 Å². The van der Waals surface area contributed by atoms with Gasteiger partial charge >= 0.3 is 5.97 Å². The smallest absolute Gasteiger partial charge is 0.338 e. The van der Waals surface area contributed by atoms with Gasteiger partial charge in [-0.1, -0.05) is 35.0 Å². The fourth-order valence-electron chi connectivity index (χ4n) is 1.61. The van der Waals surface area contributed by atoms with Crippen LogP contribution in [0, 0.1) is 0 Å². The summed E-state index contributed by atoms with van der Waals surface area (Å²) < 4.78 is 5.10. The minimum absolute atomic E-state index is 0.0841. The molecule has 22 heavy (non-hydrogen) atoms. The first-order chi connectivity index (χ1) is 10.6. The van der Waals surface area contributed by atoms with Crippen LogP contribution in [-0.2, 0) is 4.74 Å². The molecule has 3 nitrogen and oxygen atoms in total. The van der Waals surface area contributed by atoms with Crippen LogP contribution in [0.5, 0.6) is 0 Å². The maximum absolute atomic E-state index is 11.9. The van der Waals surface area contributed by atoms with Crippen LogP contribution in [0.15, 0.2) is 48.5 Å². The summed E-state index contributed by atoms with van der Waals surface area (Å²) >= 11 is 12.6. The molecule has 0 radical (unpaired) electrons. The van der Waals surface area contributed by atoms with Gasteiger partial charge in [0.1, 0.15) is 6.61 Å². The Hall–Kier alpha value is -1.49. The fourth-order valence-corrected chi connectivity index (χ4v) is 2.51. The van der Waals surface area contributed by atoms with Gasteiger partial charge < -0.3 is 4.74 Å². The summed E-state index contributed by atoms with van der Waals surface area (Å²) in [6, 6.07) is 13.1. The zero-order chi connectivity index (χ0) is 15.9. The molecule has 0 unspecified atom stereocenters. The summed E-state index contributed by atoms with van der Waals surface area (Å²) in [5.41, 5.74) is 0.997. The van der Waals surface area contributed by atoms with E-state index in [0.29, 0.717) is 26.9 Å². The highest BCUT2D eigenvalue weighted by molar-refractivity contribution is 8.14. The van der Waals surface area contributed by atoms with E-state index in [1.54, 1.807) is 48.5 Å². The number of carbonyl (C=O) groups excluding carboxylic acids is 2. The number of halogens is 2. The van der Waals surface area contributed by atoms with Crippen LogP contribution in [0.2, 0.25) is 10.0 Å². The van der Waals surface area contributed by atoms with Gasteiger partial charge in [0.15, 0.2) is 0 Å². The second-order valence-electron chi connectivity index (χ2n) is 4.29. The Labute approximate surface area is 142 Å². The molecule has 0 aliphatic heterocycles. The van der Waals surface area contributed by atoms with Crippen molar-refractivity contribution in [3.05, 3.63) is 69.7 Å². The molecule has 0 atom stereocenters. The number of thioether (sulfide) groups is 1. The number of hydrogen-bond donors (Lipinski definition) is 0. The van der Waals surface area contributed by atoms with Crippen molar-refractivity contribution in [3.63, 3.8) is 0 Å². The molecule has 0 heterocycles. The van der Waals surface area contributed by atoms with Crippen LogP contribution in [0.1, 0.15) is 20.7 Å². The molecule has 0 bridgehead atoms. The lowest BCUT2D eigenvalue weighted by molar-refractivity contribution is 0.0529. The van der Waals surface area contributed by atoms with E-state index in [1.165, 1.54) is 0 Å². The second-order valence-corrected chi connectivity index (χ2v) is 6.23. The molecular formula is C16H12Cl2O3S. The molecule has 0 amide bonds. The van der Waals surface area contributed by atoms with Gasteiger partial charge in [-0.25, -0.2) is 4.79 Å². The second kappa shape index (κ2) is 8.22. The van der Waals surface area contributed by atoms with E-state index in [0.717, 1.165) is 11.8 Å². The number of carbonyl (C=O) groups is 2. The van der Waals surface area contributed by atoms with Crippen molar-refractivity contribution in [2.75, 3.05) is 12.4 Å². The lowest BCUT2D eigenvalue weighted by atomic mass is 10.2. The van der Waals surface area contributed by atoms with Crippen LogP contribution in [0.4, 0.5) is 0 Å². The third kappa shape index (κ3) is 5.05. The predicted molar refractivity (Wildman–Crippen MR) is 90.0 cm³/mol. The van der Waals surface area contributed by atoms with E-state index in [2.05, 4.69) is 0 Å². The van der Waals surface area contributed by atoms with Gasteiger partial charge in [0.05, 0.1) is 5.56 Å². The van der Waals surface area contributed by atoms with Gasteiger partial charge in [-0.2, -0.15) is 0 Å². The lowest BCUT2D eigenvalue weighted by Gasteiger charge is -2.05. The zero-order valence-electron chi connectivity index (χ0n) is 11.4. The number of hydrogen-bond acceptors (Lipinski definition) is 4. The Morgan fingerprint density at radius 3 is 1.91 bits per heavy atom. The summed E-state index contributed by atoms with van der Waals surface area (Å²) in [5, 5.41) is 1.05. The standard InChI is InChI=1S/C16H12Cl2O3S/c17-13-5-1-11(2-6-13)15(19)21-9-10-22-16(20)12-3-7-14(18)8-4-12/h1-8H,9-10H2. The molecule has 0 aliphatic carbocycles. The topological polar surface area (TPSA) is 43.4 Å². The first-order valence-corrected chi connectivity index (χ1v) is 8.16. The number of ether oxygens (including phenoxy) is 1. The highest BCUT2D eigenvalue weighted by atomic mass is 35.5. The number of rotatable bonds is 5. The Balaban J connectivity index is 1.74. The van der Waals surface area contributed by atoms with Crippen LogP contribution >= 0.6 is 35.0 Å². The normalized spacial score (nSPS) is 10.3. The van der Waals surface area contributed by atoms with E-state index in [9.17, 15) is 9.59 Å². The summed E-state index contributed by atoms with van der Waals surface area (Å²) in [7, 11) is 0. The first-order valence-electron chi connectivity index (χ1n) is 6.41. The fraction of sp³-hybridized carbons (Fsp3) is 0.125. The Morgan fingerprint density at radius 2 is 1.36 bits per heavy atom. The molecule has 0 fully saturated rings. The highest BCUT2D eigenvalue weighted by Crippen LogP contribution is 2.16. The molecule has 2 aromatic carbocycles. The molecule has 0 aliphatic rings. The molecule has 2 aromatic rings. The number of benzene rings is 2. The van der Waals surface area contributed by atoms with Gasteiger partial charge in [-0.05, 0) is 48.5 Å². The van der Waals surface area contributed by atoms with Crippen molar-refractivity contribution in [2.45, 2.75) is 0 Å². The van der Waals surface area contributed by atoms with Gasteiger partial charge in [-0.3, -0.25) is 4.79 Å². The van der Waals surface area contributed by atoms with Crippen LogP contribution in [-0.4, -0.2) is 23.4 Å². The van der Waals surface area contributed by atoms with Crippen LogP contribution in [0.25, 0.3) is 0 Å². The Bertz CT molecular complexity index is 595. The molecule has 0 saturated carbocycles. The third-order valence-electron chi connectivity index (χ3n) is 2.71. The minimum atomic E-state index is -0.434. The Kier molecular flexibility index (Phi) is 6.31. The largest absolute Gasteiger partial charge is 0.461 e.